The molecule has 142 valence electrons. The quantitative estimate of drug-likeness (QED) is 0.738. The predicted octanol–water partition coefficient (Wildman–Crippen LogP) is 2.63. The molecule has 1 heterocycles. The summed E-state index contributed by atoms with van der Waals surface area (Å²) in [7, 11) is 1.73. The van der Waals surface area contributed by atoms with Gasteiger partial charge in [0.25, 0.3) is 0 Å². The van der Waals surface area contributed by atoms with E-state index in [1.807, 2.05) is 19.1 Å². The number of carbonyl (C=O) groups excluding carboxylic acids is 1. The maximum atomic E-state index is 12.1. The Morgan fingerprint density at radius 2 is 2.00 bits per heavy atom. The second kappa shape index (κ2) is 10.6. The molecule has 1 amide bonds. The maximum Gasteiger partial charge on any atom is 0.223 e. The number of ether oxygens (including phenoxy) is 2. The molecule has 1 fully saturated rings. The number of amides is 1. The molecule has 0 spiro atoms. The van der Waals surface area contributed by atoms with E-state index in [1.54, 1.807) is 7.11 Å². The fourth-order valence-electron chi connectivity index (χ4n) is 3.14. The van der Waals surface area contributed by atoms with Gasteiger partial charge in [0.2, 0.25) is 5.91 Å². The summed E-state index contributed by atoms with van der Waals surface area (Å²) in [6, 6.07) is 5.98. The van der Waals surface area contributed by atoms with Gasteiger partial charge in [0.1, 0.15) is 5.75 Å². The molecular formula is C19H31ClN2O3. The van der Waals surface area contributed by atoms with Crippen LogP contribution in [0.5, 0.6) is 5.75 Å². The summed E-state index contributed by atoms with van der Waals surface area (Å²) < 4.78 is 11.1. The third-order valence-corrected chi connectivity index (χ3v) is 4.92. The first-order valence-electron chi connectivity index (χ1n) is 8.72. The summed E-state index contributed by atoms with van der Waals surface area (Å²) in [4.78, 5) is 12.1. The van der Waals surface area contributed by atoms with Crippen molar-refractivity contribution in [3.8, 4) is 5.75 Å². The Morgan fingerprint density at radius 3 is 2.68 bits per heavy atom. The summed E-state index contributed by atoms with van der Waals surface area (Å²) in [5.41, 5.74) is 2.39. The summed E-state index contributed by atoms with van der Waals surface area (Å²) >= 11 is 0. The third-order valence-electron chi connectivity index (χ3n) is 4.92. The maximum absolute atomic E-state index is 12.1. The van der Waals surface area contributed by atoms with Crippen molar-refractivity contribution in [2.75, 3.05) is 40.0 Å². The van der Waals surface area contributed by atoms with Crippen LogP contribution in [0.4, 0.5) is 0 Å². The molecule has 0 aliphatic carbocycles. The van der Waals surface area contributed by atoms with Crippen molar-refractivity contribution in [3.05, 3.63) is 29.3 Å². The van der Waals surface area contributed by atoms with E-state index >= 15 is 0 Å². The Kier molecular flexibility index (Phi) is 9.25. The number of halogens is 1. The topological polar surface area (TPSA) is 59.6 Å². The van der Waals surface area contributed by atoms with Gasteiger partial charge < -0.3 is 20.1 Å². The zero-order valence-electron chi connectivity index (χ0n) is 15.5. The summed E-state index contributed by atoms with van der Waals surface area (Å²) in [6.07, 6.45) is 2.43. The minimum atomic E-state index is 0. The van der Waals surface area contributed by atoms with Gasteiger partial charge in [-0.05, 0) is 57.0 Å². The Labute approximate surface area is 157 Å². The third kappa shape index (κ3) is 6.49. The molecule has 6 heteroatoms. The van der Waals surface area contributed by atoms with Gasteiger partial charge in [-0.1, -0.05) is 12.1 Å². The molecule has 2 N–H and O–H groups in total. The first-order valence-corrected chi connectivity index (χ1v) is 8.72. The number of rotatable bonds is 8. The van der Waals surface area contributed by atoms with Crippen molar-refractivity contribution in [2.45, 2.75) is 33.1 Å². The van der Waals surface area contributed by atoms with Gasteiger partial charge in [0.05, 0.1) is 19.6 Å². The van der Waals surface area contributed by atoms with Gasteiger partial charge in [0.15, 0.2) is 0 Å². The van der Waals surface area contributed by atoms with Crippen molar-refractivity contribution in [2.24, 2.45) is 5.41 Å². The highest BCUT2D eigenvalue weighted by Crippen LogP contribution is 2.28. The van der Waals surface area contributed by atoms with Crippen molar-refractivity contribution in [3.63, 3.8) is 0 Å². The van der Waals surface area contributed by atoms with E-state index in [2.05, 4.69) is 23.6 Å². The molecule has 25 heavy (non-hydrogen) atoms. The molecule has 1 aromatic rings. The minimum absolute atomic E-state index is 0. The van der Waals surface area contributed by atoms with E-state index in [4.69, 9.17) is 9.47 Å². The van der Waals surface area contributed by atoms with E-state index in [-0.39, 0.29) is 23.7 Å². The van der Waals surface area contributed by atoms with Crippen LogP contribution in [0.1, 0.15) is 30.4 Å². The van der Waals surface area contributed by atoms with E-state index < -0.39 is 0 Å². The van der Waals surface area contributed by atoms with E-state index in [0.29, 0.717) is 26.2 Å². The van der Waals surface area contributed by atoms with Crippen LogP contribution in [0.2, 0.25) is 0 Å². The molecule has 0 aromatic heterocycles. The molecule has 1 aromatic carbocycles. The van der Waals surface area contributed by atoms with Gasteiger partial charge >= 0.3 is 0 Å². The van der Waals surface area contributed by atoms with Gasteiger partial charge in [-0.2, -0.15) is 0 Å². The predicted molar refractivity (Wildman–Crippen MR) is 103 cm³/mol. The van der Waals surface area contributed by atoms with Crippen LogP contribution >= 0.6 is 12.4 Å². The number of hydrogen-bond acceptors (Lipinski definition) is 4. The second-order valence-corrected chi connectivity index (χ2v) is 6.76. The first kappa shape index (κ1) is 21.7. The Hall–Kier alpha value is -1.30. The number of aryl methyl sites for hydroxylation is 1. The Balaban J connectivity index is 0.00000312. The minimum Gasteiger partial charge on any atom is -0.493 e. The number of methoxy groups -OCH3 is 1. The molecule has 0 atom stereocenters. The van der Waals surface area contributed by atoms with E-state index in [9.17, 15) is 4.79 Å². The number of piperidine rings is 1. The fraction of sp³-hybridized carbons (Fsp3) is 0.632. The number of hydrogen-bond donors (Lipinski definition) is 2. The molecule has 1 saturated heterocycles. The van der Waals surface area contributed by atoms with Crippen LogP contribution in [0, 0.1) is 19.3 Å². The Bertz CT molecular complexity index is 540. The average molecular weight is 371 g/mol. The van der Waals surface area contributed by atoms with Crippen LogP contribution in [-0.2, 0) is 9.53 Å². The lowest BCUT2D eigenvalue weighted by atomic mass is 9.79. The van der Waals surface area contributed by atoms with Crippen LogP contribution in [-0.4, -0.2) is 45.9 Å². The fourth-order valence-corrected chi connectivity index (χ4v) is 3.14. The largest absolute Gasteiger partial charge is 0.493 e. The zero-order chi connectivity index (χ0) is 17.4. The number of nitrogens with one attached hydrogen (secondary N) is 2. The van der Waals surface area contributed by atoms with Crippen molar-refractivity contribution < 1.29 is 14.3 Å². The van der Waals surface area contributed by atoms with Crippen LogP contribution < -0.4 is 15.4 Å². The lowest BCUT2D eigenvalue weighted by Gasteiger charge is -2.37. The summed E-state index contributed by atoms with van der Waals surface area (Å²) in [6.45, 7) is 7.82. The lowest BCUT2D eigenvalue weighted by Crippen LogP contribution is -2.47. The lowest BCUT2D eigenvalue weighted by molar-refractivity contribution is -0.122. The molecule has 1 aliphatic rings. The smallest absolute Gasteiger partial charge is 0.223 e. The molecule has 0 radical (unpaired) electrons. The van der Waals surface area contributed by atoms with Gasteiger partial charge in [0, 0.05) is 19.1 Å². The standard InChI is InChI=1S/C19H30N2O3.ClH/c1-15-5-4-6-17(16(15)2)24-12-7-18(22)21-13-19(14-23-3)8-10-20-11-9-19;/h4-6,20H,7-14H2,1-3H3,(H,21,22);1H. The molecule has 2 rings (SSSR count). The Morgan fingerprint density at radius 1 is 1.28 bits per heavy atom. The molecule has 0 bridgehead atoms. The van der Waals surface area contributed by atoms with Crippen LogP contribution in [0.25, 0.3) is 0 Å². The first-order chi connectivity index (χ1) is 11.6. The number of carbonyl (C=O) groups is 1. The second-order valence-electron chi connectivity index (χ2n) is 6.76. The van der Waals surface area contributed by atoms with Crippen LogP contribution in [0.15, 0.2) is 18.2 Å². The average Bonchev–Trinajstić information content (AvgIpc) is 2.58. The highest BCUT2D eigenvalue weighted by molar-refractivity contribution is 5.85. The highest BCUT2D eigenvalue weighted by Gasteiger charge is 2.32. The monoisotopic (exact) mass is 370 g/mol. The number of benzene rings is 1. The van der Waals surface area contributed by atoms with E-state index in [0.717, 1.165) is 37.2 Å². The molecule has 1 aliphatic heterocycles. The molecule has 5 nitrogen and oxygen atoms in total. The van der Waals surface area contributed by atoms with Gasteiger partial charge in [-0.25, -0.2) is 0 Å². The van der Waals surface area contributed by atoms with Gasteiger partial charge in [-0.3, -0.25) is 4.79 Å². The molecule has 0 unspecified atom stereocenters. The van der Waals surface area contributed by atoms with Crippen molar-refractivity contribution in [1.29, 1.82) is 0 Å². The zero-order valence-corrected chi connectivity index (χ0v) is 16.3. The van der Waals surface area contributed by atoms with Crippen molar-refractivity contribution in [1.82, 2.24) is 10.6 Å². The van der Waals surface area contributed by atoms with Crippen LogP contribution in [0.3, 0.4) is 0 Å². The van der Waals surface area contributed by atoms with Crippen molar-refractivity contribution >= 4 is 18.3 Å². The molecular weight excluding hydrogens is 340 g/mol. The van der Waals surface area contributed by atoms with E-state index in [1.165, 1.54) is 5.56 Å². The summed E-state index contributed by atoms with van der Waals surface area (Å²) in [5, 5.41) is 6.42. The molecule has 0 saturated carbocycles. The highest BCUT2D eigenvalue weighted by atomic mass is 35.5. The van der Waals surface area contributed by atoms with Gasteiger partial charge in [-0.15, -0.1) is 12.4 Å². The summed E-state index contributed by atoms with van der Waals surface area (Å²) in [5.74, 6) is 0.895. The SMILES string of the molecule is COCC1(CNC(=O)CCOc2cccc(C)c2C)CCNCC1.Cl. The normalized spacial score (nSPS) is 16.0.